The van der Waals surface area contributed by atoms with Crippen LogP contribution in [0.25, 0.3) is 10.6 Å². The molecule has 2 aromatic carbocycles. The molecule has 0 saturated carbocycles. The van der Waals surface area contributed by atoms with E-state index in [1.54, 1.807) is 46.7 Å². The van der Waals surface area contributed by atoms with Gasteiger partial charge in [-0.05, 0) is 29.8 Å². The lowest BCUT2D eigenvalue weighted by Gasteiger charge is -2.11. The van der Waals surface area contributed by atoms with Gasteiger partial charge in [0.15, 0.2) is 6.23 Å². The van der Waals surface area contributed by atoms with Crippen LogP contribution in [0.4, 0.5) is 14.5 Å². The fourth-order valence-electron chi connectivity index (χ4n) is 3.01. The van der Waals surface area contributed by atoms with Crippen LogP contribution in [0.2, 0.25) is 0 Å². The third-order valence-electron chi connectivity index (χ3n) is 4.52. The molecule has 2 heterocycles. The molecule has 0 bridgehead atoms. The van der Waals surface area contributed by atoms with E-state index in [1.165, 1.54) is 29.5 Å². The van der Waals surface area contributed by atoms with E-state index in [-0.39, 0.29) is 13.2 Å². The van der Waals surface area contributed by atoms with Crippen LogP contribution < -0.4 is 5.32 Å². The molecule has 4 aromatic rings. The minimum atomic E-state index is -1.10. The fraction of sp³-hybridized carbons (Fsp3) is 0.143. The maximum atomic E-state index is 14.1. The van der Waals surface area contributed by atoms with Gasteiger partial charge >= 0.3 is 0 Å². The van der Waals surface area contributed by atoms with Crippen molar-refractivity contribution in [3.63, 3.8) is 0 Å². The van der Waals surface area contributed by atoms with Crippen molar-refractivity contribution < 1.29 is 19.0 Å². The largest absolute Gasteiger partial charge is 0.392 e. The standard InChI is InChI=1S/C21H18F2N4O2S/c22-15-4-2-5-16(7-15)25-20(29)19-12-30-21(26-19)14-8-24-27(9-14)10-17-13(11-28)3-1-6-18(17)23/h1-9,12,20,25,28-29H,10-11H2. The van der Waals surface area contributed by atoms with Crippen molar-refractivity contribution in [3.8, 4) is 10.6 Å². The van der Waals surface area contributed by atoms with Gasteiger partial charge in [0.25, 0.3) is 0 Å². The van der Waals surface area contributed by atoms with E-state index in [1.807, 2.05) is 0 Å². The highest BCUT2D eigenvalue weighted by Gasteiger charge is 2.15. The molecule has 0 radical (unpaired) electrons. The molecule has 0 amide bonds. The van der Waals surface area contributed by atoms with Crippen molar-refractivity contribution in [2.24, 2.45) is 0 Å². The summed E-state index contributed by atoms with van der Waals surface area (Å²) in [6.45, 7) is -0.0855. The highest BCUT2D eigenvalue weighted by Crippen LogP contribution is 2.27. The molecule has 0 aliphatic rings. The lowest BCUT2D eigenvalue weighted by Crippen LogP contribution is -2.10. The smallest absolute Gasteiger partial charge is 0.168 e. The summed E-state index contributed by atoms with van der Waals surface area (Å²) in [5.74, 6) is -0.806. The Bertz CT molecular complexity index is 1160. The van der Waals surface area contributed by atoms with Crippen molar-refractivity contribution >= 4 is 17.0 Å². The van der Waals surface area contributed by atoms with Gasteiger partial charge in [-0.3, -0.25) is 4.68 Å². The van der Waals surface area contributed by atoms with Crippen molar-refractivity contribution in [1.29, 1.82) is 0 Å². The summed E-state index contributed by atoms with van der Waals surface area (Å²) in [6.07, 6.45) is 2.23. The molecule has 2 aromatic heterocycles. The number of hydrogen-bond acceptors (Lipinski definition) is 6. The minimum absolute atomic E-state index is 0.171. The monoisotopic (exact) mass is 428 g/mol. The first-order valence-electron chi connectivity index (χ1n) is 9.09. The summed E-state index contributed by atoms with van der Waals surface area (Å²) in [5, 5.41) is 29.1. The first kappa shape index (κ1) is 20.1. The molecule has 0 aliphatic heterocycles. The van der Waals surface area contributed by atoms with Crippen LogP contribution in [0, 0.1) is 11.6 Å². The van der Waals surface area contributed by atoms with Gasteiger partial charge in [0.2, 0.25) is 0 Å². The highest BCUT2D eigenvalue weighted by atomic mass is 32.1. The number of nitrogens with zero attached hydrogens (tertiary/aromatic N) is 3. The third-order valence-corrected chi connectivity index (χ3v) is 5.43. The molecular weight excluding hydrogens is 410 g/mol. The Morgan fingerprint density at radius 1 is 1.17 bits per heavy atom. The lowest BCUT2D eigenvalue weighted by atomic mass is 10.1. The molecule has 3 N–H and O–H groups in total. The average molecular weight is 428 g/mol. The highest BCUT2D eigenvalue weighted by molar-refractivity contribution is 7.13. The zero-order chi connectivity index (χ0) is 21.1. The van der Waals surface area contributed by atoms with Gasteiger partial charge in [0.1, 0.15) is 22.3 Å². The van der Waals surface area contributed by atoms with Crippen LogP contribution in [0.3, 0.4) is 0 Å². The number of aliphatic hydroxyl groups excluding tert-OH is 2. The second-order valence-electron chi connectivity index (χ2n) is 6.60. The van der Waals surface area contributed by atoms with Crippen LogP contribution in [0.1, 0.15) is 23.0 Å². The topological polar surface area (TPSA) is 83.2 Å². The summed E-state index contributed by atoms with van der Waals surface area (Å²) < 4.78 is 29.0. The van der Waals surface area contributed by atoms with Crippen molar-refractivity contribution in [2.45, 2.75) is 19.4 Å². The second-order valence-corrected chi connectivity index (χ2v) is 7.46. The predicted molar refractivity (Wildman–Crippen MR) is 110 cm³/mol. The fourth-order valence-corrected chi connectivity index (χ4v) is 3.82. The van der Waals surface area contributed by atoms with E-state index in [4.69, 9.17) is 0 Å². The van der Waals surface area contributed by atoms with Crippen molar-refractivity contribution in [2.75, 3.05) is 5.32 Å². The van der Waals surface area contributed by atoms with Crippen LogP contribution in [-0.4, -0.2) is 25.0 Å². The molecule has 0 aliphatic carbocycles. The first-order chi connectivity index (χ1) is 14.5. The van der Waals surface area contributed by atoms with Gasteiger partial charge in [-0.2, -0.15) is 5.10 Å². The number of halogens is 2. The summed E-state index contributed by atoms with van der Waals surface area (Å²) in [4.78, 5) is 4.42. The van der Waals surface area contributed by atoms with Crippen LogP contribution in [0.5, 0.6) is 0 Å². The average Bonchev–Trinajstić information content (AvgIpc) is 3.39. The number of benzene rings is 2. The van der Waals surface area contributed by atoms with Gasteiger partial charge in [-0.1, -0.05) is 18.2 Å². The first-order valence-corrected chi connectivity index (χ1v) is 9.97. The minimum Gasteiger partial charge on any atom is -0.392 e. The van der Waals surface area contributed by atoms with E-state index < -0.39 is 17.9 Å². The summed E-state index contributed by atoms with van der Waals surface area (Å²) in [5.41, 5.74) is 2.43. The normalized spacial score (nSPS) is 12.1. The molecular formula is C21H18F2N4O2S. The van der Waals surface area contributed by atoms with E-state index in [0.717, 1.165) is 0 Å². The number of thiazole rings is 1. The maximum Gasteiger partial charge on any atom is 0.168 e. The van der Waals surface area contributed by atoms with Crippen LogP contribution in [-0.2, 0) is 13.2 Å². The third kappa shape index (κ3) is 4.38. The van der Waals surface area contributed by atoms with E-state index in [0.29, 0.717) is 33.1 Å². The number of nitrogens with one attached hydrogen (secondary N) is 1. The molecule has 9 heteroatoms. The molecule has 154 valence electrons. The molecule has 0 spiro atoms. The van der Waals surface area contributed by atoms with Gasteiger partial charge in [0.05, 0.1) is 19.3 Å². The van der Waals surface area contributed by atoms with E-state index in [2.05, 4.69) is 15.4 Å². The Balaban J connectivity index is 1.49. The molecule has 6 nitrogen and oxygen atoms in total. The summed E-state index contributed by atoms with van der Waals surface area (Å²) in [7, 11) is 0. The molecule has 1 unspecified atom stereocenters. The van der Waals surface area contributed by atoms with Crippen molar-refractivity contribution in [3.05, 3.63) is 88.7 Å². The number of hydrogen-bond donors (Lipinski definition) is 3. The quantitative estimate of drug-likeness (QED) is 0.389. The lowest BCUT2D eigenvalue weighted by molar-refractivity contribution is 0.204. The Labute approximate surface area is 175 Å². The Morgan fingerprint density at radius 3 is 2.80 bits per heavy atom. The van der Waals surface area contributed by atoms with E-state index in [9.17, 15) is 19.0 Å². The van der Waals surface area contributed by atoms with Crippen LogP contribution >= 0.6 is 11.3 Å². The van der Waals surface area contributed by atoms with Crippen molar-refractivity contribution in [1.82, 2.24) is 14.8 Å². The van der Waals surface area contributed by atoms with Gasteiger partial charge < -0.3 is 15.5 Å². The maximum absolute atomic E-state index is 14.1. The van der Waals surface area contributed by atoms with Gasteiger partial charge in [-0.25, -0.2) is 13.8 Å². The number of anilines is 1. The Kier molecular flexibility index (Phi) is 5.84. The Morgan fingerprint density at radius 2 is 2.00 bits per heavy atom. The molecule has 1 atom stereocenters. The molecule has 0 saturated heterocycles. The SMILES string of the molecule is OCc1cccc(F)c1Cn1cc(-c2nc(C(O)Nc3cccc(F)c3)cs2)cn1. The number of rotatable bonds is 7. The van der Waals surface area contributed by atoms with E-state index >= 15 is 0 Å². The molecule has 30 heavy (non-hydrogen) atoms. The summed E-state index contributed by atoms with van der Waals surface area (Å²) in [6, 6.07) is 10.4. The number of aliphatic hydroxyl groups is 2. The zero-order valence-corrected chi connectivity index (χ0v) is 16.5. The molecule has 4 rings (SSSR count). The molecule has 0 fully saturated rings. The Hall–Kier alpha value is -3.14. The predicted octanol–water partition coefficient (Wildman–Crippen LogP) is 3.93. The zero-order valence-electron chi connectivity index (χ0n) is 15.7. The second kappa shape index (κ2) is 8.70. The number of aromatic nitrogens is 3. The van der Waals surface area contributed by atoms with Crippen LogP contribution in [0.15, 0.2) is 60.2 Å². The van der Waals surface area contributed by atoms with Gasteiger partial charge in [0, 0.05) is 28.4 Å². The van der Waals surface area contributed by atoms with Gasteiger partial charge in [-0.15, -0.1) is 11.3 Å². The summed E-state index contributed by atoms with van der Waals surface area (Å²) >= 11 is 1.32.